The normalized spacial score (nSPS) is 11.0. The summed E-state index contributed by atoms with van der Waals surface area (Å²) in [7, 11) is 0. The average molecular weight is 419 g/mol. The van der Waals surface area contributed by atoms with Crippen molar-refractivity contribution in [1.29, 1.82) is 0 Å². The molecule has 4 rings (SSSR count). The van der Waals surface area contributed by atoms with Crippen LogP contribution in [0.2, 0.25) is 0 Å². The predicted octanol–water partition coefficient (Wildman–Crippen LogP) is 3.29. The van der Waals surface area contributed by atoms with Gasteiger partial charge < -0.3 is 0 Å². The first-order valence-corrected chi connectivity index (χ1v) is 10.3. The minimum Gasteiger partial charge on any atom is -0.296 e. The first-order valence-electron chi connectivity index (χ1n) is 7.58. The summed E-state index contributed by atoms with van der Waals surface area (Å²) in [4.78, 5) is 29.1. The Hall–Kier alpha value is -2.63. The van der Waals surface area contributed by atoms with Crippen molar-refractivity contribution >= 4 is 50.4 Å². The number of rotatable bonds is 5. The summed E-state index contributed by atoms with van der Waals surface area (Å²) in [5, 5.41) is 12.5. The number of nitrogens with one attached hydrogen (secondary N) is 1. The quantitative estimate of drug-likeness (QED) is 0.394. The van der Waals surface area contributed by atoms with E-state index in [-0.39, 0.29) is 16.3 Å². The molecule has 136 valence electrons. The molecule has 3 aromatic heterocycles. The second kappa shape index (κ2) is 7.55. The molecule has 0 saturated carbocycles. The Kier molecular flexibility index (Phi) is 4.97. The number of amides is 1. The Labute approximate surface area is 163 Å². The lowest BCUT2D eigenvalue weighted by atomic mass is 10.2. The van der Waals surface area contributed by atoms with E-state index in [1.54, 1.807) is 17.6 Å². The highest BCUT2D eigenvalue weighted by molar-refractivity contribution is 8.00. The molecule has 0 aliphatic heterocycles. The minimum absolute atomic E-state index is 0.0594. The Morgan fingerprint density at radius 2 is 2.15 bits per heavy atom. The van der Waals surface area contributed by atoms with Gasteiger partial charge in [0, 0.05) is 23.4 Å². The van der Waals surface area contributed by atoms with Crippen LogP contribution in [0, 0.1) is 5.82 Å². The molecule has 0 bridgehead atoms. The van der Waals surface area contributed by atoms with Gasteiger partial charge in [0.1, 0.15) is 5.82 Å². The summed E-state index contributed by atoms with van der Waals surface area (Å²) in [5.41, 5.74) is 0.447. The van der Waals surface area contributed by atoms with E-state index in [0.717, 1.165) is 0 Å². The highest BCUT2D eigenvalue weighted by Gasteiger charge is 2.14. The number of thiazole rings is 1. The largest absolute Gasteiger partial charge is 0.296 e. The van der Waals surface area contributed by atoms with Gasteiger partial charge in [-0.3, -0.25) is 19.3 Å². The molecule has 4 aromatic rings. The molecule has 1 aromatic carbocycles. The first-order chi connectivity index (χ1) is 13.1. The maximum atomic E-state index is 13.6. The molecule has 0 saturated heterocycles. The van der Waals surface area contributed by atoms with Crippen LogP contribution in [0.1, 0.15) is 16.1 Å². The maximum absolute atomic E-state index is 13.6. The molecule has 3 heterocycles. The molecular formula is C16H10FN5O2S3. The van der Waals surface area contributed by atoms with Gasteiger partial charge in [0.05, 0.1) is 11.3 Å². The summed E-state index contributed by atoms with van der Waals surface area (Å²) in [6.45, 7) is 0. The number of hydrogen-bond acceptors (Lipinski definition) is 8. The standard InChI is InChI=1S/C16H10FN5O2S3/c17-11-4-2-1-3-10(11)13(24)19-14-20-21-16(27-14)26-8-9-7-12(23)22-5-6-25-15(22)18-9/h1-7H,8H2,(H,19,20,24). The molecule has 0 unspecified atom stereocenters. The van der Waals surface area contributed by atoms with Crippen molar-refractivity contribution < 1.29 is 9.18 Å². The van der Waals surface area contributed by atoms with E-state index in [9.17, 15) is 14.0 Å². The summed E-state index contributed by atoms with van der Waals surface area (Å²) in [5.74, 6) is -0.742. The van der Waals surface area contributed by atoms with Gasteiger partial charge in [0.25, 0.3) is 11.5 Å². The minimum atomic E-state index is -0.601. The van der Waals surface area contributed by atoms with E-state index in [0.29, 0.717) is 20.7 Å². The molecule has 0 spiro atoms. The summed E-state index contributed by atoms with van der Waals surface area (Å²) in [6, 6.07) is 7.19. The van der Waals surface area contributed by atoms with Crippen molar-refractivity contribution in [1.82, 2.24) is 19.6 Å². The fourth-order valence-corrected chi connectivity index (χ4v) is 4.60. The third-order valence-electron chi connectivity index (χ3n) is 3.45. The SMILES string of the molecule is O=C(Nc1nnc(SCc2cc(=O)n3ccsc3n2)s1)c1ccccc1F. The van der Waals surface area contributed by atoms with E-state index in [1.165, 1.54) is 63.1 Å². The van der Waals surface area contributed by atoms with Crippen LogP contribution >= 0.6 is 34.4 Å². The zero-order valence-electron chi connectivity index (χ0n) is 13.5. The van der Waals surface area contributed by atoms with Crippen LogP contribution in [0.5, 0.6) is 0 Å². The monoisotopic (exact) mass is 419 g/mol. The zero-order chi connectivity index (χ0) is 18.8. The highest BCUT2D eigenvalue weighted by Crippen LogP contribution is 2.28. The molecule has 1 amide bonds. The van der Waals surface area contributed by atoms with Crippen LogP contribution in [-0.4, -0.2) is 25.5 Å². The number of hydrogen-bond donors (Lipinski definition) is 1. The molecule has 0 atom stereocenters. The smallest absolute Gasteiger partial charge is 0.260 e. The first kappa shape index (κ1) is 17.8. The van der Waals surface area contributed by atoms with Crippen LogP contribution < -0.4 is 10.9 Å². The van der Waals surface area contributed by atoms with Gasteiger partial charge in [-0.2, -0.15) is 0 Å². The second-order valence-electron chi connectivity index (χ2n) is 5.24. The zero-order valence-corrected chi connectivity index (χ0v) is 15.9. The molecule has 7 nitrogen and oxygen atoms in total. The van der Waals surface area contributed by atoms with Crippen molar-refractivity contribution in [3.8, 4) is 0 Å². The van der Waals surface area contributed by atoms with E-state index in [2.05, 4.69) is 20.5 Å². The molecule has 0 aliphatic carbocycles. The van der Waals surface area contributed by atoms with E-state index in [4.69, 9.17) is 0 Å². The van der Waals surface area contributed by atoms with Crippen LogP contribution in [0.3, 0.4) is 0 Å². The van der Waals surface area contributed by atoms with E-state index < -0.39 is 11.7 Å². The van der Waals surface area contributed by atoms with Crippen molar-refractivity contribution in [2.24, 2.45) is 0 Å². The Morgan fingerprint density at radius 1 is 1.30 bits per heavy atom. The molecular weight excluding hydrogens is 409 g/mol. The number of thioether (sulfide) groups is 1. The predicted molar refractivity (Wildman–Crippen MR) is 103 cm³/mol. The number of carbonyl (C=O) groups is 1. The fraction of sp³-hybridized carbons (Fsp3) is 0.0625. The van der Waals surface area contributed by atoms with E-state index >= 15 is 0 Å². The summed E-state index contributed by atoms with van der Waals surface area (Å²) >= 11 is 3.91. The van der Waals surface area contributed by atoms with Gasteiger partial charge in [0.2, 0.25) is 5.13 Å². The third-order valence-corrected chi connectivity index (χ3v) is 6.21. The van der Waals surface area contributed by atoms with Gasteiger partial charge in [-0.15, -0.1) is 21.5 Å². The van der Waals surface area contributed by atoms with Crippen LogP contribution in [0.15, 0.2) is 51.0 Å². The number of halogens is 1. The Balaban J connectivity index is 1.42. The van der Waals surface area contributed by atoms with Gasteiger partial charge in [-0.1, -0.05) is 35.2 Å². The number of fused-ring (bicyclic) bond motifs is 1. The number of benzene rings is 1. The van der Waals surface area contributed by atoms with Gasteiger partial charge >= 0.3 is 0 Å². The van der Waals surface area contributed by atoms with E-state index in [1.807, 2.05) is 0 Å². The van der Waals surface area contributed by atoms with Crippen molar-refractivity contribution in [3.05, 3.63) is 69.3 Å². The lowest BCUT2D eigenvalue weighted by Gasteiger charge is -2.01. The molecule has 1 N–H and O–H groups in total. The van der Waals surface area contributed by atoms with Gasteiger partial charge in [0.15, 0.2) is 9.30 Å². The maximum Gasteiger partial charge on any atom is 0.260 e. The molecule has 0 aliphatic rings. The van der Waals surface area contributed by atoms with Crippen molar-refractivity contribution in [2.45, 2.75) is 10.1 Å². The number of nitrogens with zero attached hydrogens (tertiary/aromatic N) is 4. The fourth-order valence-electron chi connectivity index (χ4n) is 2.23. The molecule has 0 radical (unpaired) electrons. The van der Waals surface area contributed by atoms with Gasteiger partial charge in [-0.05, 0) is 12.1 Å². The Morgan fingerprint density at radius 3 is 3.00 bits per heavy atom. The van der Waals surface area contributed by atoms with Crippen LogP contribution in [-0.2, 0) is 5.75 Å². The average Bonchev–Trinajstić information content (AvgIpc) is 3.30. The molecule has 0 fully saturated rings. The lowest BCUT2D eigenvalue weighted by molar-refractivity contribution is 0.102. The van der Waals surface area contributed by atoms with Crippen LogP contribution in [0.4, 0.5) is 9.52 Å². The Bertz CT molecular complexity index is 1190. The van der Waals surface area contributed by atoms with Crippen LogP contribution in [0.25, 0.3) is 4.96 Å². The summed E-state index contributed by atoms with van der Waals surface area (Å²) in [6.07, 6.45) is 1.68. The van der Waals surface area contributed by atoms with Crippen molar-refractivity contribution in [2.75, 3.05) is 5.32 Å². The summed E-state index contributed by atoms with van der Waals surface area (Å²) < 4.78 is 15.7. The number of anilines is 1. The molecule has 27 heavy (non-hydrogen) atoms. The second-order valence-corrected chi connectivity index (χ2v) is 8.31. The number of carbonyl (C=O) groups excluding carboxylic acids is 1. The lowest BCUT2D eigenvalue weighted by Crippen LogP contribution is -2.13. The van der Waals surface area contributed by atoms with Gasteiger partial charge in [-0.25, -0.2) is 9.37 Å². The number of aromatic nitrogens is 4. The highest BCUT2D eigenvalue weighted by atomic mass is 32.2. The molecule has 11 heteroatoms. The third kappa shape index (κ3) is 3.89. The van der Waals surface area contributed by atoms with Crippen molar-refractivity contribution in [3.63, 3.8) is 0 Å². The topological polar surface area (TPSA) is 89.2 Å².